The third kappa shape index (κ3) is 3.73. The summed E-state index contributed by atoms with van der Waals surface area (Å²) in [6.07, 6.45) is 5.68. The second-order valence-corrected chi connectivity index (χ2v) is 5.95. The molecule has 0 amide bonds. The lowest BCUT2D eigenvalue weighted by Gasteiger charge is -2.32. The van der Waals surface area contributed by atoms with Crippen molar-refractivity contribution < 1.29 is 0 Å². The fraction of sp³-hybridized carbons (Fsp3) is 0.923. The third-order valence-electron chi connectivity index (χ3n) is 4.22. The molecular weight excluding hydrogens is 325 g/mol. The summed E-state index contributed by atoms with van der Waals surface area (Å²) in [7, 11) is 2.11. The van der Waals surface area contributed by atoms with Gasteiger partial charge in [0.25, 0.3) is 0 Å². The van der Waals surface area contributed by atoms with E-state index in [2.05, 4.69) is 36.1 Å². The second-order valence-electron chi connectivity index (χ2n) is 5.95. The van der Waals surface area contributed by atoms with E-state index in [9.17, 15) is 0 Å². The molecule has 0 aromatic heterocycles. The molecule has 2 rings (SSSR count). The highest BCUT2D eigenvalue weighted by Crippen LogP contribution is 2.38. The molecule has 0 aromatic rings. The van der Waals surface area contributed by atoms with Crippen LogP contribution < -0.4 is 5.32 Å². The zero-order chi connectivity index (χ0) is 11.6. The Kier molecular flexibility index (Phi) is 5.54. The molecule has 1 aliphatic heterocycles. The van der Waals surface area contributed by atoms with Gasteiger partial charge >= 0.3 is 0 Å². The lowest BCUT2D eigenvalue weighted by molar-refractivity contribution is 0.217. The van der Waals surface area contributed by atoms with Crippen LogP contribution in [0.2, 0.25) is 0 Å². The van der Waals surface area contributed by atoms with Crippen molar-refractivity contribution in [3.63, 3.8) is 0 Å². The number of hydrogen-bond donors (Lipinski definition) is 1. The monoisotopic (exact) mass is 351 g/mol. The molecule has 1 fully saturated rings. The minimum atomic E-state index is 0. The van der Waals surface area contributed by atoms with Crippen LogP contribution in [0.5, 0.6) is 0 Å². The maximum atomic E-state index is 4.48. The van der Waals surface area contributed by atoms with Crippen LogP contribution in [0.1, 0.15) is 39.5 Å². The first-order valence-electron chi connectivity index (χ1n) is 6.59. The largest absolute Gasteiger partial charge is 0.356 e. The molecule has 1 aliphatic carbocycles. The summed E-state index contributed by atoms with van der Waals surface area (Å²) in [5, 5.41) is 3.52. The first-order chi connectivity index (χ1) is 7.59. The Balaban J connectivity index is 0.00000144. The van der Waals surface area contributed by atoms with Crippen molar-refractivity contribution in [2.24, 2.45) is 16.3 Å². The van der Waals surface area contributed by atoms with E-state index in [1.54, 1.807) is 0 Å². The number of guanidine groups is 1. The predicted octanol–water partition coefficient (Wildman–Crippen LogP) is 2.71. The molecule has 1 N–H and O–H groups in total. The number of rotatable bonds is 3. The number of nitrogens with zero attached hydrogens (tertiary/aromatic N) is 2. The van der Waals surface area contributed by atoms with E-state index in [1.165, 1.54) is 25.7 Å². The van der Waals surface area contributed by atoms with Gasteiger partial charge in [0.2, 0.25) is 0 Å². The molecule has 0 atom stereocenters. The average molecular weight is 351 g/mol. The van der Waals surface area contributed by atoms with E-state index in [1.807, 2.05) is 0 Å². The zero-order valence-electron chi connectivity index (χ0n) is 11.3. The molecule has 4 heteroatoms. The van der Waals surface area contributed by atoms with Gasteiger partial charge < -0.3 is 10.2 Å². The quantitative estimate of drug-likeness (QED) is 0.792. The van der Waals surface area contributed by atoms with Gasteiger partial charge in [0, 0.05) is 20.1 Å². The maximum Gasteiger partial charge on any atom is 0.193 e. The van der Waals surface area contributed by atoms with Crippen LogP contribution in [0.3, 0.4) is 0 Å². The number of likely N-dealkylation sites (N-methyl/N-ethyl adjacent to an activating group) is 1. The summed E-state index contributed by atoms with van der Waals surface area (Å²) in [6, 6.07) is 0. The van der Waals surface area contributed by atoms with Gasteiger partial charge in [-0.2, -0.15) is 0 Å². The van der Waals surface area contributed by atoms with E-state index in [0.29, 0.717) is 5.41 Å². The minimum absolute atomic E-state index is 0. The summed E-state index contributed by atoms with van der Waals surface area (Å²) in [5.41, 5.74) is 0.405. The highest BCUT2D eigenvalue weighted by atomic mass is 127. The fourth-order valence-corrected chi connectivity index (χ4v) is 2.88. The Morgan fingerprint density at radius 1 is 1.35 bits per heavy atom. The molecule has 0 saturated heterocycles. The summed E-state index contributed by atoms with van der Waals surface area (Å²) in [6.45, 7) is 7.85. The lowest BCUT2D eigenvalue weighted by atomic mass is 9.78. The fourth-order valence-electron chi connectivity index (χ4n) is 2.88. The number of hydrogen-bond acceptors (Lipinski definition) is 3. The summed E-state index contributed by atoms with van der Waals surface area (Å²) >= 11 is 0. The normalized spacial score (nSPS) is 21.4. The van der Waals surface area contributed by atoms with Crippen molar-refractivity contribution in [2.75, 3.05) is 26.7 Å². The van der Waals surface area contributed by atoms with Gasteiger partial charge in [-0.15, -0.1) is 24.0 Å². The topological polar surface area (TPSA) is 27.6 Å². The number of nitrogens with one attached hydrogen (secondary N) is 1. The van der Waals surface area contributed by atoms with Crippen molar-refractivity contribution in [3.8, 4) is 0 Å². The van der Waals surface area contributed by atoms with E-state index in [-0.39, 0.29) is 24.0 Å². The third-order valence-corrected chi connectivity index (χ3v) is 4.22. The smallest absolute Gasteiger partial charge is 0.193 e. The van der Waals surface area contributed by atoms with Crippen molar-refractivity contribution in [1.29, 1.82) is 0 Å². The molecule has 0 radical (unpaired) electrons. The lowest BCUT2D eigenvalue weighted by Crippen LogP contribution is -2.42. The molecule has 0 aromatic carbocycles. The van der Waals surface area contributed by atoms with E-state index < -0.39 is 0 Å². The molecule has 100 valence electrons. The van der Waals surface area contributed by atoms with E-state index in [4.69, 9.17) is 0 Å². The predicted molar refractivity (Wildman–Crippen MR) is 84.1 cm³/mol. The van der Waals surface area contributed by atoms with Crippen molar-refractivity contribution in [2.45, 2.75) is 39.5 Å². The average Bonchev–Trinajstić information content (AvgIpc) is 2.85. The van der Waals surface area contributed by atoms with Gasteiger partial charge in [-0.05, 0) is 24.2 Å². The maximum absolute atomic E-state index is 4.48. The number of halogens is 1. The molecule has 1 heterocycles. The van der Waals surface area contributed by atoms with Gasteiger partial charge in [0.15, 0.2) is 5.96 Å². The van der Waals surface area contributed by atoms with Crippen LogP contribution in [0.25, 0.3) is 0 Å². The molecule has 1 saturated carbocycles. The van der Waals surface area contributed by atoms with Crippen LogP contribution in [0.4, 0.5) is 0 Å². The van der Waals surface area contributed by atoms with Crippen LogP contribution in [-0.2, 0) is 0 Å². The van der Waals surface area contributed by atoms with Crippen molar-refractivity contribution in [1.82, 2.24) is 10.2 Å². The van der Waals surface area contributed by atoms with Gasteiger partial charge in [0.05, 0.1) is 6.54 Å². The highest BCUT2D eigenvalue weighted by Gasteiger charge is 2.32. The second kappa shape index (κ2) is 6.25. The zero-order valence-corrected chi connectivity index (χ0v) is 13.7. The molecule has 0 bridgehead atoms. The van der Waals surface area contributed by atoms with Crippen molar-refractivity contribution in [3.05, 3.63) is 0 Å². The summed E-state index contributed by atoms with van der Waals surface area (Å²) in [4.78, 5) is 6.69. The molecule has 2 aliphatic rings. The Bertz CT molecular complexity index is 270. The minimum Gasteiger partial charge on any atom is -0.356 e. The summed E-state index contributed by atoms with van der Waals surface area (Å²) in [5.74, 6) is 1.98. The molecular formula is C13H26IN3. The Labute approximate surface area is 122 Å². The van der Waals surface area contributed by atoms with Crippen LogP contribution in [0.15, 0.2) is 4.99 Å². The van der Waals surface area contributed by atoms with Crippen LogP contribution in [0, 0.1) is 11.3 Å². The standard InChI is InChI=1S/C13H25N3.HI/c1-13(2,11-6-4-5-7-11)10-15-12-14-8-9-16(12)3;/h11H,4-10H2,1-3H3,(H,14,15);1H. The van der Waals surface area contributed by atoms with Gasteiger partial charge in [-0.3, -0.25) is 4.99 Å². The van der Waals surface area contributed by atoms with Gasteiger partial charge in [-0.1, -0.05) is 26.7 Å². The Morgan fingerprint density at radius 2 is 2.00 bits per heavy atom. The first-order valence-corrected chi connectivity index (χ1v) is 6.59. The van der Waals surface area contributed by atoms with Crippen molar-refractivity contribution >= 4 is 29.9 Å². The first kappa shape index (κ1) is 15.1. The SMILES string of the molecule is CN1CCN=C1NCC(C)(C)C1CCCC1.I. The molecule has 17 heavy (non-hydrogen) atoms. The highest BCUT2D eigenvalue weighted by molar-refractivity contribution is 14.0. The molecule has 0 spiro atoms. The van der Waals surface area contributed by atoms with E-state index >= 15 is 0 Å². The Morgan fingerprint density at radius 3 is 2.53 bits per heavy atom. The van der Waals surface area contributed by atoms with Gasteiger partial charge in [-0.25, -0.2) is 0 Å². The number of aliphatic imine (C=N–C) groups is 1. The van der Waals surface area contributed by atoms with Gasteiger partial charge in [0.1, 0.15) is 0 Å². The molecule has 0 unspecified atom stereocenters. The molecule has 3 nitrogen and oxygen atoms in total. The van der Waals surface area contributed by atoms with Crippen LogP contribution >= 0.6 is 24.0 Å². The Hall–Kier alpha value is 0. The summed E-state index contributed by atoms with van der Waals surface area (Å²) < 4.78 is 0. The van der Waals surface area contributed by atoms with E-state index in [0.717, 1.165) is 31.5 Å². The van der Waals surface area contributed by atoms with Crippen LogP contribution in [-0.4, -0.2) is 37.5 Å².